The quantitative estimate of drug-likeness (QED) is 0.513. The highest BCUT2D eigenvalue weighted by atomic mass is 16.5. The molecule has 0 spiro atoms. The minimum Gasteiger partial charge on any atom is -0.497 e. The zero-order chi connectivity index (χ0) is 19.7. The van der Waals surface area contributed by atoms with Crippen LogP contribution in [0.4, 0.5) is 0 Å². The molecule has 6 heteroatoms. The maximum atomic E-state index is 5.86. The maximum Gasteiger partial charge on any atom is 0.191 e. The summed E-state index contributed by atoms with van der Waals surface area (Å²) in [6, 6.07) is 12.1. The molecule has 3 rings (SSSR count). The molecule has 0 aliphatic carbocycles. The second-order valence-corrected chi connectivity index (χ2v) is 7.35. The number of hydrogen-bond acceptors (Lipinski definition) is 4. The lowest BCUT2D eigenvalue weighted by molar-refractivity contribution is 0.0283. The summed E-state index contributed by atoms with van der Waals surface area (Å²) in [4.78, 5) is 4.77. The summed E-state index contributed by atoms with van der Waals surface area (Å²) in [5.74, 6) is 2.66. The summed E-state index contributed by atoms with van der Waals surface area (Å²) < 4.78 is 16.5. The Morgan fingerprint density at radius 1 is 1.14 bits per heavy atom. The van der Waals surface area contributed by atoms with Gasteiger partial charge in [0.05, 0.1) is 25.5 Å². The standard InChI is InChI=1S/C22H31N3O3/c1-22(12-4-16-28-22)17-25-21(24-14-11-20-5-3-15-27-20)23-13-10-18-6-8-19(26-2)9-7-18/h3,5-9,15H,4,10-14,16-17H2,1-2H3,(H2,23,24,25). The molecule has 152 valence electrons. The zero-order valence-corrected chi connectivity index (χ0v) is 16.9. The molecule has 2 heterocycles. The van der Waals surface area contributed by atoms with Crippen molar-refractivity contribution in [3.63, 3.8) is 0 Å². The Morgan fingerprint density at radius 2 is 1.93 bits per heavy atom. The van der Waals surface area contributed by atoms with Crippen molar-refractivity contribution in [2.45, 2.75) is 38.2 Å². The molecule has 1 aromatic heterocycles. The van der Waals surface area contributed by atoms with E-state index >= 15 is 0 Å². The van der Waals surface area contributed by atoms with Crippen molar-refractivity contribution in [2.75, 3.05) is 33.4 Å². The molecule has 1 atom stereocenters. The van der Waals surface area contributed by atoms with E-state index in [1.165, 1.54) is 5.56 Å². The van der Waals surface area contributed by atoms with Gasteiger partial charge in [0.15, 0.2) is 5.96 Å². The first-order valence-corrected chi connectivity index (χ1v) is 9.98. The molecule has 1 aromatic carbocycles. The molecule has 1 fully saturated rings. The van der Waals surface area contributed by atoms with Gasteiger partial charge in [0.2, 0.25) is 0 Å². The van der Waals surface area contributed by atoms with Crippen LogP contribution in [0.5, 0.6) is 5.75 Å². The van der Waals surface area contributed by atoms with Crippen LogP contribution in [0.1, 0.15) is 31.1 Å². The third-order valence-corrected chi connectivity index (χ3v) is 4.98. The summed E-state index contributed by atoms with van der Waals surface area (Å²) in [7, 11) is 1.68. The smallest absolute Gasteiger partial charge is 0.191 e. The molecular formula is C22H31N3O3. The van der Waals surface area contributed by atoms with Crippen LogP contribution < -0.4 is 15.4 Å². The number of benzene rings is 1. The first-order valence-electron chi connectivity index (χ1n) is 9.98. The lowest BCUT2D eigenvalue weighted by Gasteiger charge is -2.21. The number of nitrogens with zero attached hydrogens (tertiary/aromatic N) is 1. The molecule has 2 aromatic rings. The van der Waals surface area contributed by atoms with Crippen LogP contribution in [0.3, 0.4) is 0 Å². The molecule has 1 unspecified atom stereocenters. The van der Waals surface area contributed by atoms with Gasteiger partial charge in [0.1, 0.15) is 11.5 Å². The Kier molecular flexibility index (Phi) is 7.37. The second kappa shape index (κ2) is 10.2. The van der Waals surface area contributed by atoms with Gasteiger partial charge in [-0.25, -0.2) is 0 Å². The average molecular weight is 386 g/mol. The molecule has 28 heavy (non-hydrogen) atoms. The predicted molar refractivity (Wildman–Crippen MR) is 111 cm³/mol. The van der Waals surface area contributed by atoms with Gasteiger partial charge in [-0.2, -0.15) is 0 Å². The van der Waals surface area contributed by atoms with Crippen LogP contribution in [-0.2, 0) is 17.6 Å². The van der Waals surface area contributed by atoms with Crippen molar-refractivity contribution < 1.29 is 13.9 Å². The monoisotopic (exact) mass is 385 g/mol. The van der Waals surface area contributed by atoms with Crippen molar-refractivity contribution >= 4 is 5.96 Å². The highest BCUT2D eigenvalue weighted by Crippen LogP contribution is 2.25. The summed E-state index contributed by atoms with van der Waals surface area (Å²) in [5, 5.41) is 6.85. The zero-order valence-electron chi connectivity index (χ0n) is 16.9. The van der Waals surface area contributed by atoms with E-state index in [1.807, 2.05) is 24.3 Å². The number of guanidine groups is 1. The molecule has 0 radical (unpaired) electrons. The van der Waals surface area contributed by atoms with Gasteiger partial charge in [-0.15, -0.1) is 0 Å². The van der Waals surface area contributed by atoms with E-state index in [9.17, 15) is 0 Å². The van der Waals surface area contributed by atoms with E-state index in [2.05, 4.69) is 29.7 Å². The van der Waals surface area contributed by atoms with Gasteiger partial charge in [-0.3, -0.25) is 4.99 Å². The third kappa shape index (κ3) is 6.30. The van der Waals surface area contributed by atoms with Crippen molar-refractivity contribution in [1.82, 2.24) is 10.6 Å². The summed E-state index contributed by atoms with van der Waals surface area (Å²) >= 11 is 0. The highest BCUT2D eigenvalue weighted by molar-refractivity contribution is 5.79. The van der Waals surface area contributed by atoms with E-state index in [1.54, 1.807) is 13.4 Å². The molecule has 1 saturated heterocycles. The molecule has 6 nitrogen and oxygen atoms in total. The van der Waals surface area contributed by atoms with Gasteiger partial charge >= 0.3 is 0 Å². The molecule has 2 N–H and O–H groups in total. The van der Waals surface area contributed by atoms with E-state index in [4.69, 9.17) is 18.9 Å². The lowest BCUT2D eigenvalue weighted by Crippen LogP contribution is -2.41. The van der Waals surface area contributed by atoms with E-state index in [0.717, 1.165) is 62.8 Å². The molecular weight excluding hydrogens is 354 g/mol. The van der Waals surface area contributed by atoms with Gasteiger partial charge in [0, 0.05) is 26.1 Å². The van der Waals surface area contributed by atoms with Gasteiger partial charge in [-0.1, -0.05) is 12.1 Å². The largest absolute Gasteiger partial charge is 0.497 e. The topological polar surface area (TPSA) is 68.0 Å². The van der Waals surface area contributed by atoms with E-state index in [-0.39, 0.29) is 5.60 Å². The van der Waals surface area contributed by atoms with Crippen LogP contribution in [0.2, 0.25) is 0 Å². The van der Waals surface area contributed by atoms with Crippen LogP contribution in [0.15, 0.2) is 52.1 Å². The number of ether oxygens (including phenoxy) is 2. The number of furan rings is 1. The number of aliphatic imine (C=N–C) groups is 1. The normalized spacial score (nSPS) is 19.6. The maximum absolute atomic E-state index is 5.86. The number of rotatable bonds is 9. The van der Waals surface area contributed by atoms with Gasteiger partial charge in [-0.05, 0) is 56.0 Å². The van der Waals surface area contributed by atoms with Crippen LogP contribution in [0, 0.1) is 0 Å². The predicted octanol–water partition coefficient (Wildman–Crippen LogP) is 3.18. The first-order chi connectivity index (χ1) is 13.7. The molecule has 0 saturated carbocycles. The fourth-order valence-electron chi connectivity index (χ4n) is 3.26. The number of nitrogens with one attached hydrogen (secondary N) is 2. The Bertz CT molecular complexity index is 720. The lowest BCUT2D eigenvalue weighted by atomic mass is 10.0. The van der Waals surface area contributed by atoms with Crippen molar-refractivity contribution in [3.05, 3.63) is 54.0 Å². The first kappa shape index (κ1) is 20.3. The number of methoxy groups -OCH3 is 1. The highest BCUT2D eigenvalue weighted by Gasteiger charge is 2.29. The summed E-state index contributed by atoms with van der Waals surface area (Å²) in [6.45, 7) is 5.20. The van der Waals surface area contributed by atoms with Crippen LogP contribution >= 0.6 is 0 Å². The Balaban J connectivity index is 1.51. The molecule has 0 bridgehead atoms. The SMILES string of the molecule is COc1ccc(CCNC(=NCC2(C)CCCO2)NCCc2ccco2)cc1. The van der Waals surface area contributed by atoms with Gasteiger partial charge in [0.25, 0.3) is 0 Å². The fraction of sp³-hybridized carbons (Fsp3) is 0.500. The van der Waals surface area contributed by atoms with Crippen LogP contribution in [-0.4, -0.2) is 44.9 Å². The Morgan fingerprint density at radius 3 is 2.57 bits per heavy atom. The minimum absolute atomic E-state index is 0.147. The average Bonchev–Trinajstić information content (AvgIpc) is 3.38. The summed E-state index contributed by atoms with van der Waals surface area (Å²) in [5.41, 5.74) is 1.11. The minimum atomic E-state index is -0.147. The Hall–Kier alpha value is -2.47. The van der Waals surface area contributed by atoms with E-state index < -0.39 is 0 Å². The fourth-order valence-corrected chi connectivity index (χ4v) is 3.26. The van der Waals surface area contributed by atoms with Crippen molar-refractivity contribution in [2.24, 2.45) is 4.99 Å². The van der Waals surface area contributed by atoms with Crippen LogP contribution in [0.25, 0.3) is 0 Å². The molecule has 1 aliphatic rings. The Labute approximate surface area is 167 Å². The van der Waals surface area contributed by atoms with Crippen molar-refractivity contribution in [1.29, 1.82) is 0 Å². The molecule has 0 amide bonds. The number of hydrogen-bond donors (Lipinski definition) is 2. The second-order valence-electron chi connectivity index (χ2n) is 7.35. The summed E-state index contributed by atoms with van der Waals surface area (Å²) in [6.07, 6.45) is 5.60. The molecule has 1 aliphatic heterocycles. The van der Waals surface area contributed by atoms with Gasteiger partial charge < -0.3 is 24.5 Å². The van der Waals surface area contributed by atoms with E-state index in [0.29, 0.717) is 6.54 Å². The van der Waals surface area contributed by atoms with Crippen molar-refractivity contribution in [3.8, 4) is 5.75 Å². The third-order valence-electron chi connectivity index (χ3n) is 4.98.